The van der Waals surface area contributed by atoms with Crippen LogP contribution in [0, 0.1) is 13.8 Å². The number of aryl methyl sites for hydroxylation is 2. The number of nitrogens with zero attached hydrogens (tertiary/aromatic N) is 2. The van der Waals surface area contributed by atoms with Crippen molar-refractivity contribution in [2.45, 2.75) is 13.8 Å². The SMILES string of the molecule is Cc1ccnc(-c2ccc3cc(C)c(N)nc3c2)c1.Cl.Cl. The Bertz CT molecular complexity index is 773. The molecule has 0 atom stereocenters. The van der Waals surface area contributed by atoms with Gasteiger partial charge in [0.1, 0.15) is 5.82 Å². The molecule has 110 valence electrons. The third-order valence-electron chi connectivity index (χ3n) is 3.26. The average Bonchev–Trinajstić information content (AvgIpc) is 2.39. The maximum absolute atomic E-state index is 5.87. The summed E-state index contributed by atoms with van der Waals surface area (Å²) in [6.45, 7) is 4.03. The molecule has 2 aromatic heterocycles. The van der Waals surface area contributed by atoms with E-state index in [0.717, 1.165) is 27.7 Å². The van der Waals surface area contributed by atoms with Crippen molar-refractivity contribution in [1.82, 2.24) is 9.97 Å². The fourth-order valence-corrected chi connectivity index (χ4v) is 2.14. The molecular weight excluding hydrogens is 305 g/mol. The van der Waals surface area contributed by atoms with Crippen molar-refractivity contribution in [3.05, 3.63) is 53.7 Å². The van der Waals surface area contributed by atoms with Crippen LogP contribution in [0.2, 0.25) is 0 Å². The van der Waals surface area contributed by atoms with Gasteiger partial charge in [0.2, 0.25) is 0 Å². The lowest BCUT2D eigenvalue weighted by Crippen LogP contribution is -1.94. The van der Waals surface area contributed by atoms with Gasteiger partial charge in [0, 0.05) is 17.1 Å². The Balaban J connectivity index is 0.00000110. The number of hydrogen-bond donors (Lipinski definition) is 1. The van der Waals surface area contributed by atoms with Gasteiger partial charge in [-0.2, -0.15) is 0 Å². The van der Waals surface area contributed by atoms with E-state index in [4.69, 9.17) is 5.73 Å². The van der Waals surface area contributed by atoms with Crippen molar-refractivity contribution in [2.75, 3.05) is 5.73 Å². The zero-order valence-corrected chi connectivity index (χ0v) is 13.5. The standard InChI is InChI=1S/C16H15N3.2ClH/c1-10-5-6-18-14(7-10)13-4-3-12-8-11(2)16(17)19-15(12)9-13;;/h3-9H,1-2H3,(H2,17,19);2*1H. The minimum atomic E-state index is 0. The van der Waals surface area contributed by atoms with E-state index in [0.29, 0.717) is 5.82 Å². The molecule has 0 saturated heterocycles. The van der Waals surface area contributed by atoms with E-state index in [1.807, 2.05) is 25.3 Å². The summed E-state index contributed by atoms with van der Waals surface area (Å²) >= 11 is 0. The summed E-state index contributed by atoms with van der Waals surface area (Å²) in [4.78, 5) is 8.83. The van der Waals surface area contributed by atoms with Gasteiger partial charge < -0.3 is 5.73 Å². The Hall–Kier alpha value is -1.84. The lowest BCUT2D eigenvalue weighted by Gasteiger charge is -2.06. The molecule has 0 fully saturated rings. The van der Waals surface area contributed by atoms with Gasteiger partial charge in [-0.3, -0.25) is 4.98 Å². The number of benzene rings is 1. The summed E-state index contributed by atoms with van der Waals surface area (Å²) in [6.07, 6.45) is 1.83. The van der Waals surface area contributed by atoms with Crippen LogP contribution in [-0.2, 0) is 0 Å². The second kappa shape index (κ2) is 6.74. The Morgan fingerprint density at radius 3 is 2.43 bits per heavy atom. The first-order valence-electron chi connectivity index (χ1n) is 6.23. The van der Waals surface area contributed by atoms with Gasteiger partial charge in [-0.1, -0.05) is 12.1 Å². The number of anilines is 1. The topological polar surface area (TPSA) is 51.8 Å². The fraction of sp³-hybridized carbons (Fsp3) is 0.125. The van der Waals surface area contributed by atoms with Crippen molar-refractivity contribution in [2.24, 2.45) is 0 Å². The molecule has 0 aliphatic heterocycles. The minimum Gasteiger partial charge on any atom is -0.383 e. The van der Waals surface area contributed by atoms with Gasteiger partial charge in [-0.25, -0.2) is 4.98 Å². The molecule has 2 N–H and O–H groups in total. The second-order valence-electron chi connectivity index (χ2n) is 4.82. The smallest absolute Gasteiger partial charge is 0.127 e. The molecule has 5 heteroatoms. The van der Waals surface area contributed by atoms with Crippen molar-refractivity contribution < 1.29 is 0 Å². The van der Waals surface area contributed by atoms with Crippen LogP contribution in [0.5, 0.6) is 0 Å². The maximum atomic E-state index is 5.87. The average molecular weight is 322 g/mol. The first-order chi connectivity index (χ1) is 9.13. The Morgan fingerprint density at radius 2 is 1.71 bits per heavy atom. The number of nitrogens with two attached hydrogens (primary N) is 1. The monoisotopic (exact) mass is 321 g/mol. The van der Waals surface area contributed by atoms with Crippen LogP contribution in [0.15, 0.2) is 42.6 Å². The van der Waals surface area contributed by atoms with Crippen LogP contribution in [0.1, 0.15) is 11.1 Å². The zero-order valence-electron chi connectivity index (χ0n) is 11.8. The Labute approximate surface area is 136 Å². The maximum Gasteiger partial charge on any atom is 0.127 e. The summed E-state index contributed by atoms with van der Waals surface area (Å²) in [6, 6.07) is 12.3. The first kappa shape index (κ1) is 17.2. The molecule has 0 amide bonds. The Kier molecular flexibility index (Phi) is 5.53. The molecule has 3 nitrogen and oxygen atoms in total. The molecule has 2 heterocycles. The van der Waals surface area contributed by atoms with Gasteiger partial charge in [0.15, 0.2) is 0 Å². The lowest BCUT2D eigenvalue weighted by atomic mass is 10.1. The minimum absolute atomic E-state index is 0. The first-order valence-corrected chi connectivity index (χ1v) is 6.23. The van der Waals surface area contributed by atoms with Gasteiger partial charge in [0.25, 0.3) is 0 Å². The summed E-state index contributed by atoms with van der Waals surface area (Å²) < 4.78 is 0. The van der Waals surface area contributed by atoms with E-state index in [1.165, 1.54) is 5.56 Å². The molecule has 0 unspecified atom stereocenters. The molecule has 21 heavy (non-hydrogen) atoms. The molecule has 0 radical (unpaired) electrons. The number of hydrogen-bond acceptors (Lipinski definition) is 3. The molecule has 0 aliphatic carbocycles. The molecule has 3 aromatic rings. The van der Waals surface area contributed by atoms with Crippen molar-refractivity contribution in [3.8, 4) is 11.3 Å². The number of rotatable bonds is 1. The van der Waals surface area contributed by atoms with Crippen molar-refractivity contribution in [3.63, 3.8) is 0 Å². The highest BCUT2D eigenvalue weighted by Gasteiger charge is 2.04. The summed E-state index contributed by atoms with van der Waals surface area (Å²) in [7, 11) is 0. The Morgan fingerprint density at radius 1 is 0.952 bits per heavy atom. The van der Waals surface area contributed by atoms with E-state index >= 15 is 0 Å². The highest BCUT2D eigenvalue weighted by Crippen LogP contribution is 2.24. The predicted octanol–water partition coefficient (Wildman–Crippen LogP) is 4.34. The van der Waals surface area contributed by atoms with Crippen LogP contribution in [-0.4, -0.2) is 9.97 Å². The van der Waals surface area contributed by atoms with Gasteiger partial charge >= 0.3 is 0 Å². The number of fused-ring (bicyclic) bond motifs is 1. The highest BCUT2D eigenvalue weighted by atomic mass is 35.5. The summed E-state index contributed by atoms with van der Waals surface area (Å²) in [5.41, 5.74) is 11.0. The quantitative estimate of drug-likeness (QED) is 0.725. The van der Waals surface area contributed by atoms with E-state index in [9.17, 15) is 0 Å². The third kappa shape index (κ3) is 3.43. The molecular formula is C16H17Cl2N3. The summed E-state index contributed by atoms with van der Waals surface area (Å²) in [5.74, 6) is 0.585. The fourth-order valence-electron chi connectivity index (χ4n) is 2.14. The van der Waals surface area contributed by atoms with Crippen molar-refractivity contribution in [1.29, 1.82) is 0 Å². The number of halogens is 2. The van der Waals surface area contributed by atoms with Gasteiger partial charge in [-0.15, -0.1) is 24.8 Å². The number of pyridine rings is 2. The summed E-state index contributed by atoms with van der Waals surface area (Å²) in [5, 5.41) is 1.10. The predicted molar refractivity (Wildman–Crippen MR) is 93.4 cm³/mol. The number of nitrogen functional groups attached to an aromatic ring is 1. The van der Waals surface area contributed by atoms with E-state index in [1.54, 1.807) is 0 Å². The third-order valence-corrected chi connectivity index (χ3v) is 3.26. The zero-order chi connectivity index (χ0) is 13.4. The number of aromatic nitrogens is 2. The molecule has 0 bridgehead atoms. The lowest BCUT2D eigenvalue weighted by molar-refractivity contribution is 1.28. The van der Waals surface area contributed by atoms with Crippen LogP contribution in [0.25, 0.3) is 22.2 Å². The van der Waals surface area contributed by atoms with Gasteiger partial charge in [0.05, 0.1) is 11.2 Å². The highest BCUT2D eigenvalue weighted by molar-refractivity contribution is 5.86. The molecule has 1 aromatic carbocycles. The second-order valence-corrected chi connectivity index (χ2v) is 4.82. The van der Waals surface area contributed by atoms with E-state index < -0.39 is 0 Å². The molecule has 0 saturated carbocycles. The largest absolute Gasteiger partial charge is 0.383 e. The van der Waals surface area contributed by atoms with Crippen LogP contribution < -0.4 is 5.73 Å². The normalized spacial score (nSPS) is 9.81. The van der Waals surface area contributed by atoms with Crippen molar-refractivity contribution >= 4 is 41.5 Å². The molecule has 0 aliphatic rings. The molecule has 3 rings (SSSR count). The van der Waals surface area contributed by atoms with Crippen LogP contribution in [0.3, 0.4) is 0 Å². The van der Waals surface area contributed by atoms with E-state index in [-0.39, 0.29) is 24.8 Å². The van der Waals surface area contributed by atoms with Crippen LogP contribution in [0.4, 0.5) is 5.82 Å². The van der Waals surface area contributed by atoms with Crippen LogP contribution >= 0.6 is 24.8 Å². The molecule has 0 spiro atoms. The van der Waals surface area contributed by atoms with Gasteiger partial charge in [-0.05, 0) is 49.2 Å². The van der Waals surface area contributed by atoms with E-state index in [2.05, 4.69) is 41.2 Å².